The minimum absolute atomic E-state index is 0.0292. The zero-order chi connectivity index (χ0) is 27.0. The van der Waals surface area contributed by atoms with Crippen LogP contribution in [0, 0.1) is 5.82 Å². The molecule has 0 aliphatic carbocycles. The van der Waals surface area contributed by atoms with Crippen molar-refractivity contribution in [2.45, 2.75) is 49.8 Å². The molecule has 0 radical (unpaired) electrons. The lowest BCUT2D eigenvalue weighted by Crippen LogP contribution is -2.67. The molecule has 1 aliphatic heterocycles. The zero-order valence-corrected chi connectivity index (χ0v) is 21.6. The number of carbonyl (C=O) groups is 2. The van der Waals surface area contributed by atoms with Crippen molar-refractivity contribution in [3.05, 3.63) is 39.6 Å². The van der Waals surface area contributed by atoms with Gasteiger partial charge in [-0.25, -0.2) is 23.2 Å². The molecule has 1 amide bonds. The van der Waals surface area contributed by atoms with Crippen LogP contribution in [0.4, 0.5) is 9.18 Å². The van der Waals surface area contributed by atoms with Crippen molar-refractivity contribution in [3.8, 4) is 17.2 Å². The molecule has 2 aromatic heterocycles. The largest absolute Gasteiger partial charge is 0.446 e. The Morgan fingerprint density at radius 2 is 2.00 bits per heavy atom. The second-order valence-electron chi connectivity index (χ2n) is 9.37. The van der Waals surface area contributed by atoms with Gasteiger partial charge in [0, 0.05) is 12.2 Å². The number of amides is 1. The Hall–Kier alpha value is -3.23. The van der Waals surface area contributed by atoms with Crippen molar-refractivity contribution in [1.82, 2.24) is 24.9 Å². The van der Waals surface area contributed by atoms with E-state index in [4.69, 9.17) is 25.5 Å². The Labute approximate surface area is 218 Å². The van der Waals surface area contributed by atoms with E-state index in [1.54, 1.807) is 20.8 Å². The minimum atomic E-state index is -1.60. The van der Waals surface area contributed by atoms with Crippen molar-refractivity contribution >= 4 is 35.2 Å². The molecule has 0 spiro atoms. The first-order valence-electron chi connectivity index (χ1n) is 11.1. The highest BCUT2D eigenvalue weighted by molar-refractivity contribution is 7.99. The van der Waals surface area contributed by atoms with Crippen LogP contribution in [0.1, 0.15) is 33.6 Å². The molecule has 3 aromatic rings. The van der Waals surface area contributed by atoms with Gasteiger partial charge >= 0.3 is 11.8 Å². The summed E-state index contributed by atoms with van der Waals surface area (Å²) in [6.45, 7) is 4.95. The topological polar surface area (TPSA) is 154 Å². The number of hydrogen-bond acceptors (Lipinski definition) is 11. The van der Waals surface area contributed by atoms with Gasteiger partial charge in [0.05, 0.1) is 23.8 Å². The lowest BCUT2D eigenvalue weighted by molar-refractivity contribution is -0.154. The van der Waals surface area contributed by atoms with Crippen molar-refractivity contribution in [2.24, 2.45) is 0 Å². The molecule has 15 heteroatoms. The van der Waals surface area contributed by atoms with Crippen LogP contribution >= 0.6 is 23.4 Å². The summed E-state index contributed by atoms with van der Waals surface area (Å²) in [6, 6.07) is 3.65. The first kappa shape index (κ1) is 26.8. The van der Waals surface area contributed by atoms with Crippen molar-refractivity contribution in [3.63, 3.8) is 0 Å². The van der Waals surface area contributed by atoms with Gasteiger partial charge in [-0.05, 0) is 55.7 Å². The summed E-state index contributed by atoms with van der Waals surface area (Å²) in [7, 11) is 0. The molecular weight excluding hydrogens is 533 g/mol. The molecule has 0 bridgehead atoms. The van der Waals surface area contributed by atoms with E-state index >= 15 is 0 Å². The van der Waals surface area contributed by atoms with Gasteiger partial charge < -0.3 is 14.7 Å². The number of hydrogen-bond donors (Lipinski definition) is 1. The highest BCUT2D eigenvalue weighted by Gasteiger charge is 2.49. The van der Waals surface area contributed by atoms with E-state index in [2.05, 4.69) is 15.5 Å². The smallest absolute Gasteiger partial charge is 0.444 e. The average Bonchev–Trinajstić information content (AvgIpc) is 3.41. The Morgan fingerprint density at radius 3 is 2.68 bits per heavy atom. The number of nitrogens with zero attached hydrogens (tertiary/aromatic N) is 5. The van der Waals surface area contributed by atoms with E-state index in [1.165, 1.54) is 28.8 Å². The number of aliphatic hydroxyl groups is 1. The SMILES string of the molecule is CC(C)(C)OC(=O)N1CC(O)(C(=O)CCCSc2nonc2-c2noc(=O)n2-c2ccc(F)c(Cl)c2)C1. The maximum absolute atomic E-state index is 13.6. The maximum atomic E-state index is 13.6. The van der Waals surface area contributed by atoms with Crippen LogP contribution in [0.15, 0.2) is 37.2 Å². The lowest BCUT2D eigenvalue weighted by atomic mass is 9.87. The number of likely N-dealkylation sites (tertiary alicyclic amines) is 1. The fourth-order valence-electron chi connectivity index (χ4n) is 3.51. The van der Waals surface area contributed by atoms with Gasteiger partial charge in [-0.1, -0.05) is 16.8 Å². The third-order valence-corrected chi connectivity index (χ3v) is 6.62. The standard InChI is InChI=1S/C22H23ClFN5O7S/c1-21(2,3)34-19(31)28-10-22(33,11-28)15(30)5-4-8-37-18-16(25-36-27-18)17-26-35-20(32)29(17)12-6-7-14(24)13(23)9-12/h6-7,9,33H,4-5,8,10-11H2,1-3H3. The van der Waals surface area contributed by atoms with Gasteiger partial charge in [0.2, 0.25) is 5.82 Å². The van der Waals surface area contributed by atoms with E-state index < -0.39 is 28.9 Å². The van der Waals surface area contributed by atoms with Crippen LogP contribution in [0.5, 0.6) is 0 Å². The molecular formula is C22H23ClFN5O7S. The summed E-state index contributed by atoms with van der Waals surface area (Å²) in [5.41, 5.74) is -1.97. The predicted octanol–water partition coefficient (Wildman–Crippen LogP) is 3.09. The molecule has 0 saturated carbocycles. The molecule has 0 unspecified atom stereocenters. The van der Waals surface area contributed by atoms with Crippen LogP contribution in [-0.4, -0.2) is 72.0 Å². The van der Waals surface area contributed by atoms with E-state index in [9.17, 15) is 23.9 Å². The van der Waals surface area contributed by atoms with Gasteiger partial charge in [0.1, 0.15) is 11.4 Å². The van der Waals surface area contributed by atoms with Gasteiger partial charge in [-0.2, -0.15) is 0 Å². The lowest BCUT2D eigenvalue weighted by Gasteiger charge is -2.45. The van der Waals surface area contributed by atoms with Crippen LogP contribution in [0.25, 0.3) is 17.2 Å². The van der Waals surface area contributed by atoms with Gasteiger partial charge in [0.25, 0.3) is 0 Å². The van der Waals surface area contributed by atoms with Gasteiger partial charge in [-0.3, -0.25) is 9.32 Å². The van der Waals surface area contributed by atoms with Crippen LogP contribution in [-0.2, 0) is 9.53 Å². The molecule has 1 saturated heterocycles. The third-order valence-electron chi connectivity index (χ3n) is 5.30. The summed E-state index contributed by atoms with van der Waals surface area (Å²) in [4.78, 5) is 38.1. The van der Waals surface area contributed by atoms with E-state index in [0.29, 0.717) is 12.2 Å². The summed E-state index contributed by atoms with van der Waals surface area (Å²) in [5.74, 6) is -1.53. The molecule has 1 aromatic carbocycles. The Morgan fingerprint density at radius 1 is 1.27 bits per heavy atom. The molecule has 1 fully saturated rings. The maximum Gasteiger partial charge on any atom is 0.446 e. The van der Waals surface area contributed by atoms with Crippen molar-refractivity contribution in [1.29, 1.82) is 0 Å². The van der Waals surface area contributed by atoms with Crippen molar-refractivity contribution < 1.29 is 33.0 Å². The quantitative estimate of drug-likeness (QED) is 0.322. The fourth-order valence-corrected chi connectivity index (χ4v) is 4.52. The number of Topliss-reactive ketones (excluding diaryl/α,β-unsaturated/α-hetero) is 1. The number of ether oxygens (including phenoxy) is 1. The summed E-state index contributed by atoms with van der Waals surface area (Å²) < 4.78 is 29.4. The summed E-state index contributed by atoms with van der Waals surface area (Å²) >= 11 is 7.02. The normalized spacial score (nSPS) is 14.9. The zero-order valence-electron chi connectivity index (χ0n) is 20.1. The molecule has 198 valence electrons. The van der Waals surface area contributed by atoms with E-state index in [-0.39, 0.29) is 52.5 Å². The summed E-state index contributed by atoms with van der Waals surface area (Å²) in [6.07, 6.45) is -0.139. The molecule has 1 aliphatic rings. The summed E-state index contributed by atoms with van der Waals surface area (Å²) in [5, 5.41) is 22.0. The third kappa shape index (κ3) is 5.86. The fraction of sp³-hybridized carbons (Fsp3) is 0.455. The Bertz CT molecular complexity index is 1380. The number of aromatic nitrogens is 4. The van der Waals surface area contributed by atoms with Crippen molar-refractivity contribution in [2.75, 3.05) is 18.8 Å². The number of halogens is 2. The van der Waals surface area contributed by atoms with E-state index in [0.717, 1.165) is 10.6 Å². The highest BCUT2D eigenvalue weighted by Crippen LogP contribution is 2.30. The molecule has 37 heavy (non-hydrogen) atoms. The second-order valence-corrected chi connectivity index (χ2v) is 10.9. The van der Waals surface area contributed by atoms with E-state index in [1.807, 2.05) is 0 Å². The molecule has 4 rings (SSSR count). The highest BCUT2D eigenvalue weighted by atomic mass is 35.5. The van der Waals surface area contributed by atoms with Gasteiger partial charge in [0.15, 0.2) is 22.1 Å². The number of rotatable bonds is 8. The number of β-amino-alcohol motifs (C(OH)–C–C–N with tert-alkyl or cyclic N) is 1. The van der Waals surface area contributed by atoms with Crippen LogP contribution in [0.3, 0.4) is 0 Å². The molecule has 3 heterocycles. The number of ketones is 1. The number of thioether (sulfide) groups is 1. The Balaban J connectivity index is 1.34. The molecule has 0 atom stereocenters. The molecule has 12 nitrogen and oxygen atoms in total. The van der Waals surface area contributed by atoms with Crippen LogP contribution < -0.4 is 5.76 Å². The first-order chi connectivity index (χ1) is 17.4. The second kappa shape index (κ2) is 10.3. The minimum Gasteiger partial charge on any atom is -0.444 e. The van der Waals surface area contributed by atoms with Gasteiger partial charge in [-0.15, -0.1) is 11.8 Å². The number of benzene rings is 1. The predicted molar refractivity (Wildman–Crippen MR) is 128 cm³/mol. The first-order valence-corrected chi connectivity index (χ1v) is 12.5. The Kier molecular flexibility index (Phi) is 7.44. The van der Waals surface area contributed by atoms with Crippen LogP contribution in [0.2, 0.25) is 5.02 Å². The monoisotopic (exact) mass is 555 g/mol. The average molecular weight is 556 g/mol. The molecule has 1 N–H and O–H groups in total. The number of carbonyl (C=O) groups excluding carboxylic acids is 2.